The van der Waals surface area contributed by atoms with Crippen LogP contribution in [-0.4, -0.2) is 39.9 Å². The monoisotopic (exact) mass is 308 g/mol. The summed E-state index contributed by atoms with van der Waals surface area (Å²) >= 11 is 0. The van der Waals surface area contributed by atoms with Crippen molar-refractivity contribution in [2.45, 2.75) is 59.8 Å². The van der Waals surface area contributed by atoms with E-state index in [2.05, 4.69) is 0 Å². The Kier molecular flexibility index (Phi) is 4.73. The van der Waals surface area contributed by atoms with Gasteiger partial charge in [0.2, 0.25) is 5.91 Å². The zero-order valence-electron chi connectivity index (χ0n) is 14.0. The van der Waals surface area contributed by atoms with E-state index in [0.717, 1.165) is 11.3 Å². The number of hydrogen-bond acceptors (Lipinski definition) is 2. The number of nitrogens with zero attached hydrogens (tertiary/aromatic N) is 2. The summed E-state index contributed by atoms with van der Waals surface area (Å²) in [6.45, 7) is 9.69. The van der Waals surface area contributed by atoms with Crippen molar-refractivity contribution in [2.75, 3.05) is 6.54 Å². The van der Waals surface area contributed by atoms with Gasteiger partial charge in [-0.3, -0.25) is 9.59 Å². The zero-order chi connectivity index (χ0) is 16.6. The molecule has 1 fully saturated rings. The summed E-state index contributed by atoms with van der Waals surface area (Å²) in [5.74, 6) is 0.161. The molecule has 1 saturated heterocycles. The summed E-state index contributed by atoms with van der Waals surface area (Å²) in [4.78, 5) is 25.8. The SMILES string of the molecule is CC(=O)c1cn(CC(=O)N2CC(F)CC2C(C)C)c(C)c1C. The fraction of sp³-hybridized carbons (Fsp3) is 0.647. The highest BCUT2D eigenvalue weighted by Crippen LogP contribution is 2.27. The smallest absolute Gasteiger partial charge is 0.242 e. The van der Waals surface area contributed by atoms with E-state index in [0.29, 0.717) is 12.0 Å². The van der Waals surface area contributed by atoms with E-state index >= 15 is 0 Å². The first-order chi connectivity index (χ1) is 10.2. The summed E-state index contributed by atoms with van der Waals surface area (Å²) in [6, 6.07) is -0.0354. The Hall–Kier alpha value is -1.65. The summed E-state index contributed by atoms with van der Waals surface area (Å²) in [6.07, 6.45) is 1.22. The Balaban J connectivity index is 2.19. The van der Waals surface area contributed by atoms with Crippen LogP contribution in [0.2, 0.25) is 0 Å². The minimum atomic E-state index is -0.934. The summed E-state index contributed by atoms with van der Waals surface area (Å²) in [5, 5.41) is 0. The summed E-state index contributed by atoms with van der Waals surface area (Å²) < 4.78 is 15.5. The lowest BCUT2D eigenvalue weighted by Crippen LogP contribution is -2.40. The first-order valence-electron chi connectivity index (χ1n) is 7.83. The summed E-state index contributed by atoms with van der Waals surface area (Å²) in [5.41, 5.74) is 2.47. The van der Waals surface area contributed by atoms with Crippen LogP contribution >= 0.6 is 0 Å². The van der Waals surface area contributed by atoms with Crippen molar-refractivity contribution in [3.63, 3.8) is 0 Å². The number of halogens is 1. The number of alkyl halides is 1. The third-order valence-corrected chi connectivity index (χ3v) is 4.73. The van der Waals surface area contributed by atoms with Gasteiger partial charge >= 0.3 is 0 Å². The number of Topliss-reactive ketones (excluding diaryl/α,β-unsaturated/α-hetero) is 1. The molecule has 1 aliphatic heterocycles. The van der Waals surface area contributed by atoms with E-state index < -0.39 is 6.17 Å². The van der Waals surface area contributed by atoms with Crippen LogP contribution < -0.4 is 0 Å². The quantitative estimate of drug-likeness (QED) is 0.803. The average molecular weight is 308 g/mol. The number of amides is 1. The minimum Gasteiger partial charge on any atom is -0.341 e. The predicted molar refractivity (Wildman–Crippen MR) is 83.8 cm³/mol. The zero-order valence-corrected chi connectivity index (χ0v) is 14.0. The number of hydrogen-bond donors (Lipinski definition) is 0. The highest BCUT2D eigenvalue weighted by Gasteiger charge is 2.36. The maximum Gasteiger partial charge on any atom is 0.242 e. The summed E-state index contributed by atoms with van der Waals surface area (Å²) in [7, 11) is 0. The largest absolute Gasteiger partial charge is 0.341 e. The number of likely N-dealkylation sites (tertiary alicyclic amines) is 1. The molecule has 4 nitrogen and oxygen atoms in total. The molecule has 122 valence electrons. The molecule has 1 aromatic rings. The van der Waals surface area contributed by atoms with Gasteiger partial charge in [0.25, 0.3) is 0 Å². The molecule has 0 spiro atoms. The Morgan fingerprint density at radius 3 is 2.50 bits per heavy atom. The van der Waals surface area contributed by atoms with Gasteiger partial charge in [-0.25, -0.2) is 4.39 Å². The third kappa shape index (κ3) is 3.08. The number of ketones is 1. The van der Waals surface area contributed by atoms with Gasteiger partial charge in [0, 0.05) is 29.9 Å². The molecule has 22 heavy (non-hydrogen) atoms. The van der Waals surface area contributed by atoms with Gasteiger partial charge in [0.05, 0.1) is 6.54 Å². The van der Waals surface area contributed by atoms with Crippen LogP contribution in [0, 0.1) is 19.8 Å². The third-order valence-electron chi connectivity index (χ3n) is 4.73. The number of aromatic nitrogens is 1. The van der Waals surface area contributed by atoms with Crippen LogP contribution in [0.1, 0.15) is 48.8 Å². The van der Waals surface area contributed by atoms with Gasteiger partial charge in [0.1, 0.15) is 12.7 Å². The molecule has 1 aliphatic rings. The lowest BCUT2D eigenvalue weighted by atomic mass is 10.0. The van der Waals surface area contributed by atoms with Crippen molar-refractivity contribution in [2.24, 2.45) is 5.92 Å². The predicted octanol–water partition coefficient (Wildman–Crippen LogP) is 2.90. The molecule has 0 aromatic carbocycles. The molecule has 2 heterocycles. The Morgan fingerprint density at radius 2 is 2.00 bits per heavy atom. The molecule has 0 bridgehead atoms. The van der Waals surface area contributed by atoms with E-state index in [1.165, 1.54) is 6.92 Å². The molecular weight excluding hydrogens is 283 g/mol. The van der Waals surface area contributed by atoms with Crippen LogP contribution in [0.15, 0.2) is 6.20 Å². The average Bonchev–Trinajstić information content (AvgIpc) is 2.94. The van der Waals surface area contributed by atoms with Gasteiger partial charge in [0.15, 0.2) is 5.78 Å². The number of carbonyl (C=O) groups is 2. The Morgan fingerprint density at radius 1 is 1.36 bits per heavy atom. The molecule has 0 saturated carbocycles. The first-order valence-corrected chi connectivity index (χ1v) is 7.83. The Labute approximate surface area is 131 Å². The molecule has 2 rings (SSSR count). The van der Waals surface area contributed by atoms with Crippen molar-refractivity contribution in [3.05, 3.63) is 23.0 Å². The van der Waals surface area contributed by atoms with E-state index in [9.17, 15) is 14.0 Å². The van der Waals surface area contributed by atoms with Crippen molar-refractivity contribution in [3.8, 4) is 0 Å². The molecule has 2 atom stereocenters. The van der Waals surface area contributed by atoms with E-state index in [1.54, 1.807) is 15.7 Å². The van der Waals surface area contributed by atoms with E-state index in [1.807, 2.05) is 27.7 Å². The molecular formula is C17H25FN2O2. The highest BCUT2D eigenvalue weighted by atomic mass is 19.1. The van der Waals surface area contributed by atoms with Crippen LogP contribution in [0.5, 0.6) is 0 Å². The van der Waals surface area contributed by atoms with E-state index in [4.69, 9.17) is 0 Å². The molecule has 0 radical (unpaired) electrons. The number of rotatable bonds is 4. The van der Waals surface area contributed by atoms with Gasteiger partial charge in [-0.1, -0.05) is 13.8 Å². The topological polar surface area (TPSA) is 42.3 Å². The van der Waals surface area contributed by atoms with Crippen molar-refractivity contribution in [1.29, 1.82) is 0 Å². The van der Waals surface area contributed by atoms with Crippen molar-refractivity contribution >= 4 is 11.7 Å². The standard InChI is InChI=1S/C17H25FN2O2/c1-10(2)16-6-14(18)7-20(16)17(22)9-19-8-15(13(5)21)11(3)12(19)4/h8,10,14,16H,6-7,9H2,1-5H3. The van der Waals surface area contributed by atoms with Crippen LogP contribution in [-0.2, 0) is 11.3 Å². The molecule has 1 amide bonds. The second kappa shape index (κ2) is 6.23. The number of carbonyl (C=O) groups excluding carboxylic acids is 2. The van der Waals surface area contributed by atoms with Crippen LogP contribution in [0.3, 0.4) is 0 Å². The van der Waals surface area contributed by atoms with Crippen molar-refractivity contribution in [1.82, 2.24) is 9.47 Å². The van der Waals surface area contributed by atoms with Gasteiger partial charge in [-0.15, -0.1) is 0 Å². The van der Waals surface area contributed by atoms with Gasteiger partial charge in [-0.05, 0) is 32.3 Å². The lowest BCUT2D eigenvalue weighted by Gasteiger charge is -2.27. The fourth-order valence-electron chi connectivity index (χ4n) is 3.25. The molecule has 5 heteroatoms. The van der Waals surface area contributed by atoms with Crippen LogP contribution in [0.25, 0.3) is 0 Å². The Bertz CT molecular complexity index is 592. The second-order valence-electron chi connectivity index (χ2n) is 6.63. The minimum absolute atomic E-state index is 0.00292. The lowest BCUT2D eigenvalue weighted by molar-refractivity contribution is -0.133. The molecule has 1 aromatic heterocycles. The molecule has 2 unspecified atom stereocenters. The molecule has 0 aliphatic carbocycles. The maximum atomic E-state index is 13.7. The maximum absolute atomic E-state index is 13.7. The fourth-order valence-corrected chi connectivity index (χ4v) is 3.25. The first kappa shape index (κ1) is 16.7. The van der Waals surface area contributed by atoms with Crippen molar-refractivity contribution < 1.29 is 14.0 Å². The van der Waals surface area contributed by atoms with Crippen LogP contribution in [0.4, 0.5) is 4.39 Å². The van der Waals surface area contributed by atoms with Gasteiger partial charge < -0.3 is 9.47 Å². The highest BCUT2D eigenvalue weighted by molar-refractivity contribution is 5.95. The molecule has 0 N–H and O–H groups in total. The van der Waals surface area contributed by atoms with Gasteiger partial charge in [-0.2, -0.15) is 0 Å². The second-order valence-corrected chi connectivity index (χ2v) is 6.63. The van der Waals surface area contributed by atoms with E-state index in [-0.39, 0.29) is 36.7 Å². The normalized spacial score (nSPS) is 21.7.